The maximum Gasteiger partial charge on any atom is 0.410 e. The van der Waals surface area contributed by atoms with Crippen LogP contribution in [0.15, 0.2) is 23.6 Å². The topological polar surface area (TPSA) is 71.5 Å². The van der Waals surface area contributed by atoms with Gasteiger partial charge in [-0.05, 0) is 45.7 Å². The number of amides is 2. The van der Waals surface area contributed by atoms with E-state index in [-0.39, 0.29) is 23.4 Å². The summed E-state index contributed by atoms with van der Waals surface area (Å²) in [6, 6.07) is 3.17. The van der Waals surface area contributed by atoms with Crippen LogP contribution in [-0.2, 0) is 4.74 Å². The van der Waals surface area contributed by atoms with Crippen LogP contribution >= 0.6 is 11.3 Å². The highest BCUT2D eigenvalue weighted by atomic mass is 32.1. The molecule has 0 bridgehead atoms. The number of likely N-dealkylation sites (tertiary alicyclic amines) is 1. The fraction of sp³-hybridized carbons (Fsp3) is 0.450. The summed E-state index contributed by atoms with van der Waals surface area (Å²) in [5.41, 5.74) is -0.141. The Morgan fingerprint density at radius 2 is 1.90 bits per heavy atom. The van der Waals surface area contributed by atoms with Crippen LogP contribution in [0.3, 0.4) is 0 Å². The Hall–Kier alpha value is -2.55. The number of piperidine rings is 1. The number of rotatable bonds is 3. The summed E-state index contributed by atoms with van der Waals surface area (Å²) in [5, 5.41) is 4.98. The Morgan fingerprint density at radius 3 is 2.52 bits per heavy atom. The summed E-state index contributed by atoms with van der Waals surface area (Å²) in [4.78, 5) is 30.6. The van der Waals surface area contributed by atoms with Crippen molar-refractivity contribution in [3.05, 3.63) is 45.9 Å². The van der Waals surface area contributed by atoms with Crippen LogP contribution in [0.4, 0.5) is 19.3 Å². The second-order valence-corrected chi connectivity index (χ2v) is 8.79. The standard InChI is InChI=1S/C20H23F2N3O3S/c1-20(2,3)28-19(27)25-8-6-12(7-9-25)18-24-16(11-29-18)17(26)23-13-4-5-14(21)15(22)10-13/h4-5,10-12H,6-9H2,1-3H3,(H,23,26). The first-order valence-electron chi connectivity index (χ1n) is 9.32. The number of ether oxygens (including phenoxy) is 1. The molecule has 1 aromatic heterocycles. The zero-order valence-corrected chi connectivity index (χ0v) is 17.3. The third-order valence-corrected chi connectivity index (χ3v) is 5.44. The maximum absolute atomic E-state index is 13.3. The molecule has 1 saturated heterocycles. The van der Waals surface area contributed by atoms with E-state index in [1.165, 1.54) is 17.4 Å². The number of aromatic nitrogens is 1. The molecule has 0 aliphatic carbocycles. The molecule has 1 aromatic carbocycles. The van der Waals surface area contributed by atoms with E-state index in [4.69, 9.17) is 4.74 Å². The normalized spacial score (nSPS) is 15.3. The van der Waals surface area contributed by atoms with Crippen LogP contribution in [0.1, 0.15) is 55.0 Å². The average molecular weight is 423 g/mol. The summed E-state index contributed by atoms with van der Waals surface area (Å²) < 4.78 is 31.7. The smallest absolute Gasteiger partial charge is 0.410 e. The van der Waals surface area contributed by atoms with Gasteiger partial charge in [-0.25, -0.2) is 18.6 Å². The summed E-state index contributed by atoms with van der Waals surface area (Å²) in [6.45, 7) is 6.63. The molecule has 156 valence electrons. The van der Waals surface area contributed by atoms with Crippen molar-refractivity contribution in [2.75, 3.05) is 18.4 Å². The number of halogens is 2. The van der Waals surface area contributed by atoms with Crippen LogP contribution in [0.2, 0.25) is 0 Å². The van der Waals surface area contributed by atoms with Crippen molar-refractivity contribution in [3.8, 4) is 0 Å². The number of nitrogens with zero attached hydrogens (tertiary/aromatic N) is 2. The molecule has 1 fully saturated rings. The minimum absolute atomic E-state index is 0.156. The number of carbonyl (C=O) groups excluding carboxylic acids is 2. The Bertz CT molecular complexity index is 903. The number of carbonyl (C=O) groups is 2. The molecule has 2 amide bonds. The van der Waals surface area contributed by atoms with Crippen LogP contribution < -0.4 is 5.32 Å². The van der Waals surface area contributed by atoms with Gasteiger partial charge in [0.2, 0.25) is 0 Å². The lowest BCUT2D eigenvalue weighted by atomic mass is 9.98. The first-order chi connectivity index (χ1) is 13.6. The van der Waals surface area contributed by atoms with Crippen molar-refractivity contribution in [3.63, 3.8) is 0 Å². The molecular formula is C20H23F2N3O3S. The van der Waals surface area contributed by atoms with Crippen LogP contribution in [0, 0.1) is 11.6 Å². The second-order valence-electron chi connectivity index (χ2n) is 7.90. The highest BCUT2D eigenvalue weighted by Gasteiger charge is 2.29. The van der Waals surface area contributed by atoms with E-state index in [1.807, 2.05) is 20.8 Å². The molecule has 1 N–H and O–H groups in total. The quantitative estimate of drug-likeness (QED) is 0.771. The second kappa shape index (κ2) is 8.44. The van der Waals surface area contributed by atoms with Crippen molar-refractivity contribution < 1.29 is 23.1 Å². The molecule has 0 unspecified atom stereocenters. The molecule has 2 aromatic rings. The fourth-order valence-corrected chi connectivity index (χ4v) is 3.96. The number of hydrogen-bond donors (Lipinski definition) is 1. The van der Waals surface area contributed by atoms with Crippen LogP contribution in [0.25, 0.3) is 0 Å². The molecule has 2 heterocycles. The summed E-state index contributed by atoms with van der Waals surface area (Å²) in [5.74, 6) is -2.33. The van der Waals surface area contributed by atoms with E-state index in [1.54, 1.807) is 10.3 Å². The largest absolute Gasteiger partial charge is 0.444 e. The van der Waals surface area contributed by atoms with E-state index >= 15 is 0 Å². The third-order valence-electron chi connectivity index (χ3n) is 4.43. The van der Waals surface area contributed by atoms with Crippen molar-refractivity contribution in [1.82, 2.24) is 9.88 Å². The Kier molecular flexibility index (Phi) is 6.16. The molecule has 9 heteroatoms. The zero-order chi connectivity index (χ0) is 21.2. The van der Waals surface area contributed by atoms with Gasteiger partial charge in [0.1, 0.15) is 11.3 Å². The number of thiazole rings is 1. The molecule has 3 rings (SSSR count). The Labute approximate surface area is 171 Å². The lowest BCUT2D eigenvalue weighted by Gasteiger charge is -2.32. The minimum Gasteiger partial charge on any atom is -0.444 e. The van der Waals surface area contributed by atoms with E-state index in [0.717, 1.165) is 30.0 Å². The molecule has 0 saturated carbocycles. The van der Waals surface area contributed by atoms with E-state index < -0.39 is 23.1 Å². The summed E-state index contributed by atoms with van der Waals surface area (Å²) >= 11 is 1.38. The van der Waals surface area contributed by atoms with Crippen molar-refractivity contribution in [1.29, 1.82) is 0 Å². The number of benzene rings is 1. The molecule has 1 aliphatic heterocycles. The van der Waals surface area contributed by atoms with Gasteiger partial charge in [0.05, 0.1) is 5.01 Å². The van der Waals surface area contributed by atoms with Gasteiger partial charge < -0.3 is 15.0 Å². The van der Waals surface area contributed by atoms with Gasteiger partial charge in [0, 0.05) is 36.1 Å². The van der Waals surface area contributed by atoms with Gasteiger partial charge in [-0.1, -0.05) is 0 Å². The van der Waals surface area contributed by atoms with Gasteiger partial charge in [0.15, 0.2) is 11.6 Å². The summed E-state index contributed by atoms with van der Waals surface area (Å²) in [7, 11) is 0. The van der Waals surface area contributed by atoms with Crippen molar-refractivity contribution in [2.45, 2.75) is 45.1 Å². The highest BCUT2D eigenvalue weighted by molar-refractivity contribution is 7.10. The lowest BCUT2D eigenvalue weighted by molar-refractivity contribution is 0.0204. The monoisotopic (exact) mass is 423 g/mol. The number of hydrogen-bond acceptors (Lipinski definition) is 5. The van der Waals surface area contributed by atoms with Gasteiger partial charge >= 0.3 is 6.09 Å². The average Bonchev–Trinajstić information content (AvgIpc) is 3.14. The van der Waals surface area contributed by atoms with Gasteiger partial charge in [0.25, 0.3) is 5.91 Å². The van der Waals surface area contributed by atoms with Crippen LogP contribution in [-0.4, -0.2) is 40.6 Å². The lowest BCUT2D eigenvalue weighted by Crippen LogP contribution is -2.41. The maximum atomic E-state index is 13.3. The highest BCUT2D eigenvalue weighted by Crippen LogP contribution is 2.31. The first kappa shape index (κ1) is 21.2. The van der Waals surface area contributed by atoms with Crippen LogP contribution in [0.5, 0.6) is 0 Å². The molecule has 29 heavy (non-hydrogen) atoms. The van der Waals surface area contributed by atoms with Gasteiger partial charge in [-0.15, -0.1) is 11.3 Å². The molecule has 0 radical (unpaired) electrons. The number of anilines is 1. The third kappa shape index (κ3) is 5.50. The summed E-state index contributed by atoms with van der Waals surface area (Å²) in [6.07, 6.45) is 1.15. The molecule has 0 atom stereocenters. The van der Waals surface area contributed by atoms with Gasteiger partial charge in [-0.3, -0.25) is 4.79 Å². The number of nitrogens with one attached hydrogen (secondary N) is 1. The SMILES string of the molecule is CC(C)(C)OC(=O)N1CCC(c2nc(C(=O)Nc3ccc(F)c(F)c3)cs2)CC1. The Balaban J connectivity index is 1.57. The van der Waals surface area contributed by atoms with E-state index in [0.29, 0.717) is 13.1 Å². The van der Waals surface area contributed by atoms with Crippen molar-refractivity contribution in [2.24, 2.45) is 0 Å². The predicted octanol–water partition coefficient (Wildman–Crippen LogP) is 4.79. The van der Waals surface area contributed by atoms with Crippen molar-refractivity contribution >= 4 is 29.0 Å². The van der Waals surface area contributed by atoms with E-state index in [9.17, 15) is 18.4 Å². The molecular weight excluding hydrogens is 400 g/mol. The molecule has 0 spiro atoms. The molecule has 6 nitrogen and oxygen atoms in total. The molecule has 1 aliphatic rings. The minimum atomic E-state index is -1.03. The zero-order valence-electron chi connectivity index (χ0n) is 16.5. The van der Waals surface area contributed by atoms with E-state index in [2.05, 4.69) is 10.3 Å². The fourth-order valence-electron chi connectivity index (χ4n) is 2.98. The van der Waals surface area contributed by atoms with Gasteiger partial charge in [-0.2, -0.15) is 0 Å². The first-order valence-corrected chi connectivity index (χ1v) is 10.2. The predicted molar refractivity (Wildman–Crippen MR) is 106 cm³/mol. The Morgan fingerprint density at radius 1 is 1.21 bits per heavy atom.